The minimum Gasteiger partial charge on any atom is -0.490 e. The van der Waals surface area contributed by atoms with Gasteiger partial charge in [-0.15, -0.1) is 0 Å². The first kappa shape index (κ1) is 30.1. The number of ether oxygens (including phenoxy) is 1. The number of halogens is 1. The number of aryl methyl sites for hydroxylation is 1. The third-order valence-corrected chi connectivity index (χ3v) is 13.6. The van der Waals surface area contributed by atoms with Gasteiger partial charge in [-0.1, -0.05) is 43.2 Å². The Labute approximate surface area is 266 Å². The lowest BCUT2D eigenvalue weighted by molar-refractivity contribution is 0.0455. The van der Waals surface area contributed by atoms with Crippen molar-refractivity contribution < 1.29 is 23.1 Å². The SMILES string of the molecule is C[C@H]1C/C=C\[C@H](O)[C@@H]2CC[C@H]2CN2C[C@@]3(CCCc4cc(Cl)ccc43)COc3ccc(cc32)C(=O)NS(=O)(=O)[C@@H]1C1CCC1. The van der Waals surface area contributed by atoms with Crippen molar-refractivity contribution in [3.63, 3.8) is 0 Å². The van der Waals surface area contributed by atoms with E-state index in [-0.39, 0.29) is 29.1 Å². The summed E-state index contributed by atoms with van der Waals surface area (Å²) in [5.41, 5.74) is 3.38. The number of fused-ring (bicyclic) bond motifs is 4. The highest BCUT2D eigenvalue weighted by Crippen LogP contribution is 2.47. The van der Waals surface area contributed by atoms with E-state index in [2.05, 4.69) is 21.8 Å². The first-order valence-electron chi connectivity index (χ1n) is 16.3. The summed E-state index contributed by atoms with van der Waals surface area (Å²) in [5, 5.41) is 11.3. The third kappa shape index (κ3) is 5.45. The van der Waals surface area contributed by atoms with Gasteiger partial charge in [-0.2, -0.15) is 0 Å². The number of nitrogens with one attached hydrogen (secondary N) is 1. The van der Waals surface area contributed by atoms with E-state index in [4.69, 9.17) is 16.3 Å². The second-order valence-electron chi connectivity index (χ2n) is 14.1. The Hall–Kier alpha value is -2.55. The number of hydrogen-bond donors (Lipinski definition) is 2. The van der Waals surface area contributed by atoms with Crippen molar-refractivity contribution in [3.05, 3.63) is 70.3 Å². The van der Waals surface area contributed by atoms with Crippen LogP contribution in [0.25, 0.3) is 0 Å². The summed E-state index contributed by atoms with van der Waals surface area (Å²) in [6, 6.07) is 11.5. The Balaban J connectivity index is 1.29. The van der Waals surface area contributed by atoms with Crippen molar-refractivity contribution in [2.24, 2.45) is 23.7 Å². The molecular weight excluding hydrogens is 596 g/mol. The van der Waals surface area contributed by atoms with Gasteiger partial charge in [0, 0.05) is 29.1 Å². The zero-order valence-electron chi connectivity index (χ0n) is 25.4. The fourth-order valence-electron chi connectivity index (χ4n) is 8.57. The first-order chi connectivity index (χ1) is 21.1. The Morgan fingerprint density at radius 2 is 1.91 bits per heavy atom. The molecule has 9 heteroatoms. The molecule has 236 valence electrons. The molecule has 2 saturated carbocycles. The smallest absolute Gasteiger partial charge is 0.264 e. The highest BCUT2D eigenvalue weighted by molar-refractivity contribution is 7.90. The van der Waals surface area contributed by atoms with Crippen LogP contribution in [0.3, 0.4) is 0 Å². The monoisotopic (exact) mass is 638 g/mol. The molecule has 2 N–H and O–H groups in total. The number of anilines is 1. The number of aliphatic hydroxyl groups excluding tert-OH is 1. The van der Waals surface area contributed by atoms with Crippen LogP contribution in [0.1, 0.15) is 79.8 Å². The molecule has 0 aromatic heterocycles. The van der Waals surface area contributed by atoms with Crippen molar-refractivity contribution >= 4 is 33.2 Å². The molecular formula is C35H43ClN2O5S. The third-order valence-electron chi connectivity index (χ3n) is 11.3. The lowest BCUT2D eigenvalue weighted by atomic mass is 9.68. The Morgan fingerprint density at radius 3 is 2.66 bits per heavy atom. The normalized spacial score (nSPS) is 34.3. The summed E-state index contributed by atoms with van der Waals surface area (Å²) in [6.07, 6.45) is 11.5. The van der Waals surface area contributed by atoms with Crippen molar-refractivity contribution in [2.45, 2.75) is 81.5 Å². The van der Waals surface area contributed by atoms with Crippen LogP contribution in [0.5, 0.6) is 5.75 Å². The van der Waals surface area contributed by atoms with E-state index < -0.39 is 27.3 Å². The molecule has 7 rings (SSSR count). The Kier molecular flexibility index (Phi) is 7.99. The summed E-state index contributed by atoms with van der Waals surface area (Å²) in [5.74, 6) is 0.370. The second-order valence-corrected chi connectivity index (χ2v) is 16.3. The number of nitrogens with zero attached hydrogens (tertiary/aromatic N) is 1. The number of amides is 1. The number of rotatable bonds is 1. The number of sulfonamides is 1. The molecule has 2 aliphatic heterocycles. The number of carbonyl (C=O) groups excluding carboxylic acids is 1. The van der Waals surface area contributed by atoms with E-state index in [1.54, 1.807) is 6.07 Å². The molecule has 1 amide bonds. The maximum Gasteiger partial charge on any atom is 0.264 e. The average Bonchev–Trinajstić information content (AvgIpc) is 3.09. The summed E-state index contributed by atoms with van der Waals surface area (Å²) in [7, 11) is -3.93. The van der Waals surface area contributed by atoms with Crippen LogP contribution in [-0.4, -0.2) is 50.5 Å². The molecule has 7 nitrogen and oxygen atoms in total. The van der Waals surface area contributed by atoms with Gasteiger partial charge in [0.2, 0.25) is 10.0 Å². The second kappa shape index (κ2) is 11.7. The molecule has 2 aromatic rings. The lowest BCUT2D eigenvalue weighted by Crippen LogP contribution is -2.49. The molecule has 2 bridgehead atoms. The van der Waals surface area contributed by atoms with Gasteiger partial charge in [0.1, 0.15) is 5.75 Å². The topological polar surface area (TPSA) is 95.9 Å². The highest BCUT2D eigenvalue weighted by Gasteiger charge is 2.45. The predicted molar refractivity (Wildman–Crippen MR) is 173 cm³/mol. The van der Waals surface area contributed by atoms with E-state index in [1.807, 2.05) is 37.3 Å². The van der Waals surface area contributed by atoms with Gasteiger partial charge in [0.05, 0.1) is 23.6 Å². The van der Waals surface area contributed by atoms with Crippen molar-refractivity contribution in [3.8, 4) is 5.75 Å². The fourth-order valence-corrected chi connectivity index (χ4v) is 10.8. The average molecular weight is 639 g/mol. The van der Waals surface area contributed by atoms with Gasteiger partial charge in [0.25, 0.3) is 5.91 Å². The molecule has 0 saturated heterocycles. The summed E-state index contributed by atoms with van der Waals surface area (Å²) >= 11 is 6.41. The lowest BCUT2D eigenvalue weighted by Gasteiger charge is -2.45. The van der Waals surface area contributed by atoms with Crippen LogP contribution in [0, 0.1) is 23.7 Å². The zero-order chi connectivity index (χ0) is 30.6. The number of aliphatic hydroxyl groups is 1. The molecule has 44 heavy (non-hydrogen) atoms. The minimum atomic E-state index is -3.93. The molecule has 1 spiro atoms. The molecule has 2 heterocycles. The molecule has 2 fully saturated rings. The Bertz CT molecular complexity index is 1570. The van der Waals surface area contributed by atoms with Crippen LogP contribution >= 0.6 is 11.6 Å². The van der Waals surface area contributed by atoms with Crippen LogP contribution in [0.2, 0.25) is 5.02 Å². The summed E-state index contributed by atoms with van der Waals surface area (Å²) in [6.45, 7) is 3.88. The molecule has 6 atom stereocenters. The maximum absolute atomic E-state index is 13.8. The quantitative estimate of drug-likeness (QED) is 0.371. The van der Waals surface area contributed by atoms with Crippen LogP contribution in [-0.2, 0) is 21.9 Å². The van der Waals surface area contributed by atoms with Gasteiger partial charge in [-0.25, -0.2) is 13.1 Å². The number of carbonyl (C=O) groups is 1. The van der Waals surface area contributed by atoms with Gasteiger partial charge < -0.3 is 14.7 Å². The molecule has 5 aliphatic rings. The molecule has 2 aromatic carbocycles. The van der Waals surface area contributed by atoms with Crippen molar-refractivity contribution in [1.29, 1.82) is 0 Å². The summed E-state index contributed by atoms with van der Waals surface area (Å²) < 4.78 is 36.6. The van der Waals surface area contributed by atoms with Gasteiger partial charge in [-0.3, -0.25) is 4.79 Å². The number of hydrogen-bond acceptors (Lipinski definition) is 6. The van der Waals surface area contributed by atoms with Gasteiger partial charge in [-0.05, 0) is 116 Å². The molecule has 3 aliphatic carbocycles. The summed E-state index contributed by atoms with van der Waals surface area (Å²) in [4.78, 5) is 16.0. The molecule has 0 unspecified atom stereocenters. The highest BCUT2D eigenvalue weighted by atomic mass is 35.5. The predicted octanol–water partition coefficient (Wildman–Crippen LogP) is 6.02. The number of benzene rings is 2. The van der Waals surface area contributed by atoms with Gasteiger partial charge in [0.15, 0.2) is 0 Å². The van der Waals surface area contributed by atoms with Crippen LogP contribution < -0.4 is 14.4 Å². The van der Waals surface area contributed by atoms with Gasteiger partial charge >= 0.3 is 0 Å². The Morgan fingerprint density at radius 1 is 1.07 bits per heavy atom. The standard InChI is InChI=1S/C35H43ClN2O5S/c1-22-5-2-9-31(39)28-13-10-26(28)19-38-20-35(16-4-8-24-17-27(36)12-14-29(24)35)21-43-32-15-11-25(18-30(32)38)34(40)37-44(41,42)33(22)23-6-3-7-23/h2,9,11-12,14-15,17-18,22-23,26,28,31,33,39H,3-8,10,13,16,19-21H2,1H3,(H,37,40)/b9-2-/t22-,26-,28+,31-,33-,35-/m0/s1. The first-order valence-corrected chi connectivity index (χ1v) is 18.3. The van der Waals surface area contributed by atoms with E-state index in [0.29, 0.717) is 30.9 Å². The van der Waals surface area contributed by atoms with Crippen molar-refractivity contribution in [2.75, 3.05) is 24.6 Å². The minimum absolute atomic E-state index is 0.0314. The zero-order valence-corrected chi connectivity index (χ0v) is 27.0. The fraction of sp³-hybridized carbons (Fsp3) is 0.571. The van der Waals surface area contributed by atoms with Crippen LogP contribution in [0.15, 0.2) is 48.6 Å². The van der Waals surface area contributed by atoms with Crippen molar-refractivity contribution in [1.82, 2.24) is 4.72 Å². The number of allylic oxidation sites excluding steroid dienone is 1. The maximum atomic E-state index is 13.8. The van der Waals surface area contributed by atoms with E-state index >= 15 is 0 Å². The largest absolute Gasteiger partial charge is 0.490 e. The van der Waals surface area contributed by atoms with E-state index in [1.165, 1.54) is 11.1 Å². The van der Waals surface area contributed by atoms with E-state index in [0.717, 1.165) is 68.6 Å². The molecule has 0 radical (unpaired) electrons. The van der Waals surface area contributed by atoms with Crippen LogP contribution in [0.4, 0.5) is 5.69 Å². The van der Waals surface area contributed by atoms with E-state index in [9.17, 15) is 18.3 Å².